The van der Waals surface area contributed by atoms with Gasteiger partial charge in [-0.05, 0) is 49.4 Å². The van der Waals surface area contributed by atoms with Gasteiger partial charge in [0.2, 0.25) is 0 Å². The predicted molar refractivity (Wildman–Crippen MR) is 49.3 cm³/mol. The number of rotatable bonds is 0. The molecule has 0 unspecified atom stereocenters. The average Bonchev–Trinajstić information content (AvgIpc) is 2.25. The Morgan fingerprint density at radius 1 is 1.36 bits per heavy atom. The Kier molecular flexibility index (Phi) is 1.96. The summed E-state index contributed by atoms with van der Waals surface area (Å²) in [5.74, 6) is 0. The van der Waals surface area contributed by atoms with E-state index in [0.717, 1.165) is 13.1 Å². The topological polar surface area (TPSA) is 12.0 Å². The third kappa shape index (κ3) is 1.33. The van der Waals surface area contributed by atoms with Crippen LogP contribution in [-0.4, -0.2) is 13.1 Å². The fourth-order valence-electron chi connectivity index (χ4n) is 1.61. The van der Waals surface area contributed by atoms with Crippen molar-refractivity contribution in [3.63, 3.8) is 0 Å². The highest BCUT2D eigenvalue weighted by Crippen LogP contribution is 2.23. The van der Waals surface area contributed by atoms with E-state index in [1.807, 2.05) is 11.3 Å². The molecule has 1 N–H and O–H groups in total. The molecule has 0 saturated carbocycles. The minimum absolute atomic E-state index is 1.16. The van der Waals surface area contributed by atoms with E-state index in [0.29, 0.717) is 0 Å². The molecule has 0 aromatic carbocycles. The quantitative estimate of drug-likeness (QED) is 0.620. The van der Waals surface area contributed by atoms with Crippen LogP contribution < -0.4 is 5.32 Å². The van der Waals surface area contributed by atoms with Crippen LogP contribution in [0.3, 0.4) is 0 Å². The lowest BCUT2D eigenvalue weighted by molar-refractivity contribution is 0.711. The first-order valence-corrected chi connectivity index (χ1v) is 5.02. The van der Waals surface area contributed by atoms with Gasteiger partial charge in [-0.3, -0.25) is 0 Å². The van der Waals surface area contributed by atoms with Crippen molar-refractivity contribution in [1.82, 2.24) is 5.32 Å². The summed E-state index contributed by atoms with van der Waals surface area (Å²) in [6.45, 7) is 4.54. The van der Waals surface area contributed by atoms with E-state index in [-0.39, 0.29) is 0 Å². The van der Waals surface area contributed by atoms with Gasteiger partial charge in [-0.25, -0.2) is 0 Å². The van der Waals surface area contributed by atoms with Crippen molar-refractivity contribution in [2.75, 3.05) is 13.1 Å². The Morgan fingerprint density at radius 2 is 2.18 bits per heavy atom. The Morgan fingerprint density at radius 3 is 3.09 bits per heavy atom. The van der Waals surface area contributed by atoms with Gasteiger partial charge in [0.15, 0.2) is 0 Å². The number of thiophene rings is 1. The van der Waals surface area contributed by atoms with Crippen LogP contribution in [0.15, 0.2) is 5.38 Å². The van der Waals surface area contributed by atoms with E-state index in [4.69, 9.17) is 0 Å². The number of fused-ring (bicyclic) bond motifs is 1. The van der Waals surface area contributed by atoms with Crippen LogP contribution in [0.2, 0.25) is 0 Å². The van der Waals surface area contributed by atoms with Crippen LogP contribution in [0, 0.1) is 6.92 Å². The molecule has 0 fully saturated rings. The molecular weight excluding hydrogens is 154 g/mol. The van der Waals surface area contributed by atoms with Crippen molar-refractivity contribution in [3.8, 4) is 0 Å². The third-order valence-electron chi connectivity index (χ3n) is 2.27. The van der Waals surface area contributed by atoms with Crippen LogP contribution in [0.5, 0.6) is 0 Å². The van der Waals surface area contributed by atoms with E-state index in [9.17, 15) is 0 Å². The third-order valence-corrected chi connectivity index (χ3v) is 3.48. The molecule has 0 bridgehead atoms. The van der Waals surface area contributed by atoms with Gasteiger partial charge in [0.1, 0.15) is 0 Å². The van der Waals surface area contributed by atoms with Gasteiger partial charge in [-0.2, -0.15) is 0 Å². The highest BCUT2D eigenvalue weighted by Gasteiger charge is 2.10. The van der Waals surface area contributed by atoms with Crippen molar-refractivity contribution in [2.24, 2.45) is 0 Å². The highest BCUT2D eigenvalue weighted by molar-refractivity contribution is 7.10. The second kappa shape index (κ2) is 2.95. The van der Waals surface area contributed by atoms with Gasteiger partial charge in [0.25, 0.3) is 0 Å². The summed E-state index contributed by atoms with van der Waals surface area (Å²) in [5, 5.41) is 5.70. The van der Waals surface area contributed by atoms with Gasteiger partial charge < -0.3 is 5.32 Å². The maximum atomic E-state index is 3.41. The number of hydrogen-bond donors (Lipinski definition) is 1. The molecule has 2 rings (SSSR count). The van der Waals surface area contributed by atoms with Crippen molar-refractivity contribution in [3.05, 3.63) is 21.4 Å². The predicted octanol–water partition coefficient (Wildman–Crippen LogP) is 1.74. The zero-order chi connectivity index (χ0) is 7.68. The first-order chi connectivity index (χ1) is 5.38. The average molecular weight is 167 g/mol. The SMILES string of the molecule is Cc1csc2c1CCNCC2. The van der Waals surface area contributed by atoms with Crippen molar-refractivity contribution >= 4 is 11.3 Å². The van der Waals surface area contributed by atoms with Gasteiger partial charge in [0.05, 0.1) is 0 Å². The lowest BCUT2D eigenvalue weighted by atomic mass is 10.1. The summed E-state index contributed by atoms with van der Waals surface area (Å²) < 4.78 is 0. The standard InChI is InChI=1S/C9H13NS/c1-7-6-11-9-3-5-10-4-2-8(7)9/h6,10H,2-5H2,1H3. The summed E-state index contributed by atoms with van der Waals surface area (Å²) in [4.78, 5) is 1.60. The Labute approximate surface area is 71.4 Å². The van der Waals surface area contributed by atoms with Gasteiger partial charge >= 0.3 is 0 Å². The lowest BCUT2D eigenvalue weighted by Gasteiger charge is -1.97. The molecule has 2 heteroatoms. The highest BCUT2D eigenvalue weighted by atomic mass is 32.1. The van der Waals surface area contributed by atoms with E-state index in [1.165, 1.54) is 18.4 Å². The Hall–Kier alpha value is -0.340. The van der Waals surface area contributed by atoms with E-state index in [2.05, 4.69) is 17.6 Å². The van der Waals surface area contributed by atoms with Crippen LogP contribution in [0.1, 0.15) is 16.0 Å². The van der Waals surface area contributed by atoms with Crippen molar-refractivity contribution < 1.29 is 0 Å². The largest absolute Gasteiger partial charge is 0.316 e. The normalized spacial score (nSPS) is 17.5. The van der Waals surface area contributed by atoms with E-state index < -0.39 is 0 Å². The maximum Gasteiger partial charge on any atom is 0.00930 e. The van der Waals surface area contributed by atoms with Crippen LogP contribution in [-0.2, 0) is 12.8 Å². The first-order valence-electron chi connectivity index (χ1n) is 4.14. The number of hydrogen-bond acceptors (Lipinski definition) is 2. The molecule has 0 radical (unpaired) electrons. The molecule has 1 nitrogen and oxygen atoms in total. The minimum Gasteiger partial charge on any atom is -0.316 e. The summed E-state index contributed by atoms with van der Waals surface area (Å²) in [6, 6.07) is 0. The molecule has 0 saturated heterocycles. The molecule has 1 aliphatic heterocycles. The molecule has 0 aliphatic carbocycles. The van der Waals surface area contributed by atoms with Gasteiger partial charge in [-0.15, -0.1) is 11.3 Å². The summed E-state index contributed by atoms with van der Waals surface area (Å²) >= 11 is 1.93. The molecule has 1 aromatic rings. The monoisotopic (exact) mass is 167 g/mol. The number of aryl methyl sites for hydroxylation is 1. The molecule has 0 amide bonds. The van der Waals surface area contributed by atoms with Gasteiger partial charge in [0, 0.05) is 4.88 Å². The molecule has 0 spiro atoms. The molecule has 1 aliphatic rings. The van der Waals surface area contributed by atoms with Crippen molar-refractivity contribution in [2.45, 2.75) is 19.8 Å². The zero-order valence-electron chi connectivity index (χ0n) is 6.81. The minimum atomic E-state index is 1.16. The van der Waals surface area contributed by atoms with E-state index in [1.54, 1.807) is 10.4 Å². The van der Waals surface area contributed by atoms with Crippen LogP contribution in [0.4, 0.5) is 0 Å². The fourth-order valence-corrected chi connectivity index (χ4v) is 2.69. The summed E-state index contributed by atoms with van der Waals surface area (Å²) in [5.41, 5.74) is 3.11. The van der Waals surface area contributed by atoms with Crippen LogP contribution in [0.25, 0.3) is 0 Å². The number of nitrogens with one attached hydrogen (secondary N) is 1. The second-order valence-electron chi connectivity index (χ2n) is 3.07. The van der Waals surface area contributed by atoms with Crippen molar-refractivity contribution in [1.29, 1.82) is 0 Å². The molecule has 2 heterocycles. The maximum absolute atomic E-state index is 3.41. The Bertz CT molecular complexity index is 252. The molecule has 11 heavy (non-hydrogen) atoms. The molecule has 60 valence electrons. The van der Waals surface area contributed by atoms with Crippen LogP contribution >= 0.6 is 11.3 Å². The fraction of sp³-hybridized carbons (Fsp3) is 0.556. The summed E-state index contributed by atoms with van der Waals surface area (Å²) in [6.07, 6.45) is 2.46. The second-order valence-corrected chi connectivity index (χ2v) is 4.03. The zero-order valence-corrected chi connectivity index (χ0v) is 7.63. The molecular formula is C9H13NS. The van der Waals surface area contributed by atoms with E-state index >= 15 is 0 Å². The lowest BCUT2D eigenvalue weighted by Crippen LogP contribution is -2.16. The smallest absolute Gasteiger partial charge is 0.00930 e. The molecule has 1 aromatic heterocycles. The summed E-state index contributed by atoms with van der Waals surface area (Å²) in [7, 11) is 0. The molecule has 0 atom stereocenters. The first kappa shape index (κ1) is 7.32. The van der Waals surface area contributed by atoms with Gasteiger partial charge in [-0.1, -0.05) is 0 Å². The Balaban J connectivity index is 2.35.